The Labute approximate surface area is 176 Å². The van der Waals surface area contributed by atoms with E-state index in [9.17, 15) is 4.79 Å². The number of nitrogens with one attached hydrogen (secondary N) is 1. The molecule has 0 spiro atoms. The zero-order valence-corrected chi connectivity index (χ0v) is 17.6. The van der Waals surface area contributed by atoms with Crippen molar-refractivity contribution in [3.63, 3.8) is 0 Å². The fourth-order valence-electron chi connectivity index (χ4n) is 2.69. The maximum atomic E-state index is 12.2. The molecule has 142 valence electrons. The third-order valence-corrected chi connectivity index (χ3v) is 7.00. The summed E-state index contributed by atoms with van der Waals surface area (Å²) in [5.41, 5.74) is 3.12. The minimum atomic E-state index is 0.0190. The molecule has 4 rings (SSSR count). The van der Waals surface area contributed by atoms with Crippen LogP contribution in [0.3, 0.4) is 0 Å². The number of carbonyl (C=O) groups excluding carboxylic acids is 1. The first kappa shape index (κ1) is 19.1. The highest BCUT2D eigenvalue weighted by atomic mass is 32.2. The smallest absolute Gasteiger partial charge is 0.226 e. The third kappa shape index (κ3) is 4.98. The van der Waals surface area contributed by atoms with Crippen LogP contribution in [-0.4, -0.2) is 21.6 Å². The molecule has 0 aliphatic rings. The molecule has 0 fully saturated rings. The van der Waals surface area contributed by atoms with Gasteiger partial charge in [0.05, 0.1) is 10.2 Å². The standard InChI is InChI=1S/C21H19N3OS3/c25-19(11-6-12-26-13-15-7-2-1-3-8-15)24-21-23-17(14-27-21)20-22-16-9-4-5-10-18(16)28-20/h1-5,7-10,14H,6,11-13H2,(H,23,24,25). The predicted octanol–water partition coefficient (Wildman–Crippen LogP) is 6.07. The van der Waals surface area contributed by atoms with Crippen molar-refractivity contribution in [1.29, 1.82) is 0 Å². The first-order valence-electron chi connectivity index (χ1n) is 9.01. The van der Waals surface area contributed by atoms with Gasteiger partial charge in [-0.2, -0.15) is 11.8 Å². The summed E-state index contributed by atoms with van der Waals surface area (Å²) in [5.74, 6) is 1.97. The molecule has 2 aromatic heterocycles. The van der Waals surface area contributed by atoms with Gasteiger partial charge in [-0.15, -0.1) is 22.7 Å². The van der Waals surface area contributed by atoms with Gasteiger partial charge in [-0.05, 0) is 29.9 Å². The second kappa shape index (κ2) is 9.32. The van der Waals surface area contributed by atoms with Gasteiger partial charge in [0.15, 0.2) is 5.13 Å². The molecule has 0 aliphatic heterocycles. The highest BCUT2D eigenvalue weighted by Gasteiger charge is 2.11. The predicted molar refractivity (Wildman–Crippen MR) is 121 cm³/mol. The summed E-state index contributed by atoms with van der Waals surface area (Å²) in [4.78, 5) is 21.3. The summed E-state index contributed by atoms with van der Waals surface area (Å²) in [6.45, 7) is 0. The molecule has 0 saturated heterocycles. The van der Waals surface area contributed by atoms with Crippen molar-refractivity contribution >= 4 is 55.7 Å². The van der Waals surface area contributed by atoms with Crippen molar-refractivity contribution in [3.8, 4) is 10.7 Å². The largest absolute Gasteiger partial charge is 0.302 e. The van der Waals surface area contributed by atoms with E-state index in [-0.39, 0.29) is 5.91 Å². The van der Waals surface area contributed by atoms with Crippen LogP contribution in [0.4, 0.5) is 5.13 Å². The number of thiazole rings is 2. The van der Waals surface area contributed by atoms with E-state index in [1.807, 2.05) is 41.4 Å². The van der Waals surface area contributed by atoms with E-state index >= 15 is 0 Å². The number of rotatable bonds is 8. The summed E-state index contributed by atoms with van der Waals surface area (Å²) < 4.78 is 1.14. The summed E-state index contributed by atoms with van der Waals surface area (Å²) in [7, 11) is 0. The van der Waals surface area contributed by atoms with Crippen LogP contribution in [0.25, 0.3) is 20.9 Å². The molecule has 0 aliphatic carbocycles. The molecular weight excluding hydrogens is 406 g/mol. The van der Waals surface area contributed by atoms with Crippen LogP contribution in [0.15, 0.2) is 60.0 Å². The molecule has 0 atom stereocenters. The number of para-hydroxylation sites is 1. The van der Waals surface area contributed by atoms with E-state index in [1.54, 1.807) is 11.3 Å². The maximum absolute atomic E-state index is 12.2. The maximum Gasteiger partial charge on any atom is 0.226 e. The van der Waals surface area contributed by atoms with Crippen molar-refractivity contribution < 1.29 is 4.79 Å². The highest BCUT2D eigenvalue weighted by Crippen LogP contribution is 2.31. The van der Waals surface area contributed by atoms with Crippen molar-refractivity contribution in [1.82, 2.24) is 9.97 Å². The second-order valence-electron chi connectivity index (χ2n) is 6.21. The molecule has 0 radical (unpaired) electrons. The molecule has 4 nitrogen and oxygen atoms in total. The highest BCUT2D eigenvalue weighted by molar-refractivity contribution is 7.98. The van der Waals surface area contributed by atoms with Gasteiger partial charge < -0.3 is 5.32 Å². The first-order valence-corrected chi connectivity index (χ1v) is 11.9. The number of benzene rings is 2. The van der Waals surface area contributed by atoms with Gasteiger partial charge in [0.2, 0.25) is 5.91 Å². The van der Waals surface area contributed by atoms with E-state index in [2.05, 4.69) is 45.6 Å². The van der Waals surface area contributed by atoms with Crippen LogP contribution < -0.4 is 5.32 Å². The SMILES string of the molecule is O=C(CCCSCc1ccccc1)Nc1nc(-c2nc3ccccc3s2)cs1. The van der Waals surface area contributed by atoms with E-state index in [0.29, 0.717) is 11.6 Å². The van der Waals surface area contributed by atoms with Gasteiger partial charge >= 0.3 is 0 Å². The lowest BCUT2D eigenvalue weighted by molar-refractivity contribution is -0.116. The Hall–Kier alpha value is -2.22. The van der Waals surface area contributed by atoms with Gasteiger partial charge in [0.1, 0.15) is 10.7 Å². The normalized spacial score (nSPS) is 11.0. The quantitative estimate of drug-likeness (QED) is 0.348. The van der Waals surface area contributed by atoms with Crippen molar-refractivity contribution in [2.45, 2.75) is 18.6 Å². The average molecular weight is 426 g/mol. The Balaban J connectivity index is 1.24. The lowest BCUT2D eigenvalue weighted by Crippen LogP contribution is -2.11. The Bertz CT molecular complexity index is 1030. The van der Waals surface area contributed by atoms with E-state index in [4.69, 9.17) is 0 Å². The molecular formula is C21H19N3OS3. The molecule has 0 bridgehead atoms. The zero-order valence-electron chi connectivity index (χ0n) is 15.1. The van der Waals surface area contributed by atoms with Crippen LogP contribution >= 0.6 is 34.4 Å². The number of aromatic nitrogens is 2. The number of carbonyl (C=O) groups is 1. The molecule has 0 saturated carbocycles. The number of nitrogens with zero attached hydrogens (tertiary/aromatic N) is 2. The molecule has 0 unspecified atom stereocenters. The lowest BCUT2D eigenvalue weighted by atomic mass is 10.2. The number of hydrogen-bond donors (Lipinski definition) is 1. The topological polar surface area (TPSA) is 54.9 Å². The van der Waals surface area contributed by atoms with Gasteiger partial charge in [0, 0.05) is 17.6 Å². The fourth-order valence-corrected chi connectivity index (χ4v) is 5.33. The van der Waals surface area contributed by atoms with Crippen LogP contribution in [0.2, 0.25) is 0 Å². The summed E-state index contributed by atoms with van der Waals surface area (Å²) in [5, 5.41) is 6.38. The van der Waals surface area contributed by atoms with Crippen LogP contribution in [0.5, 0.6) is 0 Å². The number of hydrogen-bond acceptors (Lipinski definition) is 6. The first-order chi connectivity index (χ1) is 13.8. The summed E-state index contributed by atoms with van der Waals surface area (Å²) in [6.07, 6.45) is 1.37. The van der Waals surface area contributed by atoms with Gasteiger partial charge in [-0.25, -0.2) is 9.97 Å². The third-order valence-electron chi connectivity index (χ3n) is 4.07. The molecule has 1 amide bonds. The summed E-state index contributed by atoms with van der Waals surface area (Å²) in [6, 6.07) is 18.4. The Morgan fingerprint density at radius 2 is 1.86 bits per heavy atom. The Morgan fingerprint density at radius 3 is 2.71 bits per heavy atom. The molecule has 4 aromatic rings. The molecule has 2 heterocycles. The van der Waals surface area contributed by atoms with Crippen LogP contribution in [0, 0.1) is 0 Å². The molecule has 28 heavy (non-hydrogen) atoms. The molecule has 1 N–H and O–H groups in total. The average Bonchev–Trinajstić information content (AvgIpc) is 3.35. The number of amides is 1. The van der Waals surface area contributed by atoms with Crippen LogP contribution in [-0.2, 0) is 10.5 Å². The van der Waals surface area contributed by atoms with Crippen LogP contribution in [0.1, 0.15) is 18.4 Å². The monoisotopic (exact) mass is 425 g/mol. The minimum Gasteiger partial charge on any atom is -0.302 e. The summed E-state index contributed by atoms with van der Waals surface area (Å²) >= 11 is 4.92. The molecule has 2 aromatic carbocycles. The van der Waals surface area contributed by atoms with Crippen molar-refractivity contribution in [2.24, 2.45) is 0 Å². The zero-order chi connectivity index (χ0) is 19.2. The minimum absolute atomic E-state index is 0.0190. The van der Waals surface area contributed by atoms with E-state index in [0.717, 1.165) is 38.8 Å². The second-order valence-corrected chi connectivity index (χ2v) is 9.21. The number of thioether (sulfide) groups is 1. The fraction of sp³-hybridized carbons (Fsp3) is 0.190. The Morgan fingerprint density at radius 1 is 1.04 bits per heavy atom. The van der Waals surface area contributed by atoms with Gasteiger partial charge in [-0.3, -0.25) is 4.79 Å². The van der Waals surface area contributed by atoms with Gasteiger partial charge in [0.25, 0.3) is 0 Å². The van der Waals surface area contributed by atoms with E-state index in [1.165, 1.54) is 16.9 Å². The van der Waals surface area contributed by atoms with Gasteiger partial charge in [-0.1, -0.05) is 42.5 Å². The number of fused-ring (bicyclic) bond motifs is 1. The lowest BCUT2D eigenvalue weighted by Gasteiger charge is -2.03. The molecule has 7 heteroatoms. The Kier molecular flexibility index (Phi) is 6.36. The van der Waals surface area contributed by atoms with Crippen molar-refractivity contribution in [2.75, 3.05) is 11.1 Å². The number of anilines is 1. The van der Waals surface area contributed by atoms with Crippen molar-refractivity contribution in [3.05, 3.63) is 65.5 Å². The van der Waals surface area contributed by atoms with E-state index < -0.39 is 0 Å².